The van der Waals surface area contributed by atoms with Crippen molar-refractivity contribution in [1.82, 2.24) is 9.03 Å². The van der Waals surface area contributed by atoms with Gasteiger partial charge in [-0.1, -0.05) is 13.3 Å². The fourth-order valence-electron chi connectivity index (χ4n) is 2.29. The van der Waals surface area contributed by atoms with Crippen LogP contribution >= 0.6 is 0 Å². The van der Waals surface area contributed by atoms with E-state index in [1.807, 2.05) is 6.92 Å². The van der Waals surface area contributed by atoms with Gasteiger partial charge in [0.05, 0.1) is 5.92 Å². The average molecular weight is 308 g/mol. The van der Waals surface area contributed by atoms with Gasteiger partial charge in [-0.25, -0.2) is 4.72 Å². The molecular weight excluding hydrogens is 284 g/mol. The van der Waals surface area contributed by atoms with Crippen LogP contribution in [0, 0.1) is 11.8 Å². The largest absolute Gasteiger partial charge is 0.481 e. The fraction of sp³-hybridized carbons (Fsp3) is 0.917. The highest BCUT2D eigenvalue weighted by Gasteiger charge is 2.30. The smallest absolute Gasteiger partial charge is 0.306 e. The molecule has 8 heteroatoms. The van der Waals surface area contributed by atoms with E-state index in [1.54, 1.807) is 0 Å². The van der Waals surface area contributed by atoms with E-state index in [4.69, 9.17) is 10.2 Å². The van der Waals surface area contributed by atoms with Crippen molar-refractivity contribution in [2.75, 3.05) is 26.2 Å². The normalized spacial score (nSPS) is 19.9. The number of nitrogens with one attached hydrogen (secondary N) is 1. The Morgan fingerprint density at radius 1 is 1.40 bits per heavy atom. The van der Waals surface area contributed by atoms with Crippen LogP contribution in [0.3, 0.4) is 0 Å². The standard InChI is InChI=1S/C12H24N2O5S/c1-2-10(5-8-15)9-13-20(18,19)14-6-3-11(4-7-14)12(16)17/h10-11,13,15H,2-9H2,1H3,(H,16,17). The van der Waals surface area contributed by atoms with E-state index in [2.05, 4.69) is 4.72 Å². The highest BCUT2D eigenvalue weighted by Crippen LogP contribution is 2.19. The third-order valence-electron chi connectivity index (χ3n) is 3.81. The molecule has 1 saturated heterocycles. The minimum atomic E-state index is -3.55. The van der Waals surface area contributed by atoms with E-state index in [9.17, 15) is 13.2 Å². The number of hydrogen-bond donors (Lipinski definition) is 3. The molecule has 0 aromatic heterocycles. The van der Waals surface area contributed by atoms with E-state index < -0.39 is 22.1 Å². The summed E-state index contributed by atoms with van der Waals surface area (Å²) in [4.78, 5) is 10.8. The molecule has 1 rings (SSSR count). The highest BCUT2D eigenvalue weighted by atomic mass is 32.2. The summed E-state index contributed by atoms with van der Waals surface area (Å²) in [5.74, 6) is -1.19. The van der Waals surface area contributed by atoms with Crippen LogP contribution in [0.2, 0.25) is 0 Å². The van der Waals surface area contributed by atoms with Crippen LogP contribution in [0.4, 0.5) is 0 Å². The average Bonchev–Trinajstić information content (AvgIpc) is 2.43. The number of rotatable bonds is 8. The van der Waals surface area contributed by atoms with Gasteiger partial charge in [-0.05, 0) is 25.2 Å². The SMILES string of the molecule is CCC(CCO)CNS(=O)(=O)N1CCC(C(=O)O)CC1. The van der Waals surface area contributed by atoms with Gasteiger partial charge in [0.25, 0.3) is 10.2 Å². The van der Waals surface area contributed by atoms with Gasteiger partial charge in [0, 0.05) is 26.2 Å². The van der Waals surface area contributed by atoms with E-state index in [0.717, 1.165) is 6.42 Å². The van der Waals surface area contributed by atoms with Crippen LogP contribution in [0.5, 0.6) is 0 Å². The molecule has 0 amide bonds. The van der Waals surface area contributed by atoms with Crippen LogP contribution in [0.1, 0.15) is 32.6 Å². The first-order valence-corrected chi connectivity index (χ1v) is 8.43. The van der Waals surface area contributed by atoms with Crippen molar-refractivity contribution in [3.8, 4) is 0 Å². The molecule has 1 atom stereocenters. The molecule has 20 heavy (non-hydrogen) atoms. The summed E-state index contributed by atoms with van der Waals surface area (Å²) in [6.07, 6.45) is 2.07. The molecule has 1 heterocycles. The van der Waals surface area contributed by atoms with Crippen molar-refractivity contribution in [3.05, 3.63) is 0 Å². The Hall–Kier alpha value is -0.700. The molecule has 1 aliphatic heterocycles. The molecule has 3 N–H and O–H groups in total. The number of carboxylic acids is 1. The summed E-state index contributed by atoms with van der Waals surface area (Å²) in [6, 6.07) is 0. The number of nitrogens with zero attached hydrogens (tertiary/aromatic N) is 1. The topological polar surface area (TPSA) is 107 Å². The minimum absolute atomic E-state index is 0.0459. The maximum absolute atomic E-state index is 12.1. The molecular formula is C12H24N2O5S. The van der Waals surface area contributed by atoms with Crippen molar-refractivity contribution >= 4 is 16.2 Å². The van der Waals surface area contributed by atoms with E-state index in [0.29, 0.717) is 25.8 Å². The molecule has 0 bridgehead atoms. The summed E-state index contributed by atoms with van der Waals surface area (Å²) >= 11 is 0. The van der Waals surface area contributed by atoms with Crippen LogP contribution < -0.4 is 4.72 Å². The summed E-state index contributed by atoms with van der Waals surface area (Å²) < 4.78 is 28.0. The maximum atomic E-state index is 12.1. The van der Waals surface area contributed by atoms with Crippen molar-refractivity contribution in [2.24, 2.45) is 11.8 Å². The predicted molar refractivity (Wildman–Crippen MR) is 74.3 cm³/mol. The lowest BCUT2D eigenvalue weighted by Gasteiger charge is -2.29. The lowest BCUT2D eigenvalue weighted by molar-refractivity contribution is -0.142. The van der Waals surface area contributed by atoms with Gasteiger partial charge in [0.15, 0.2) is 0 Å². The molecule has 0 aliphatic carbocycles. The number of piperidine rings is 1. The van der Waals surface area contributed by atoms with E-state index >= 15 is 0 Å². The van der Waals surface area contributed by atoms with Gasteiger partial charge >= 0.3 is 5.97 Å². The van der Waals surface area contributed by atoms with Crippen LogP contribution in [0.15, 0.2) is 0 Å². The predicted octanol–water partition coefficient (Wildman–Crippen LogP) is 0.0260. The van der Waals surface area contributed by atoms with Gasteiger partial charge in [0.2, 0.25) is 0 Å². The lowest BCUT2D eigenvalue weighted by Crippen LogP contribution is -2.47. The molecule has 1 aliphatic rings. The monoisotopic (exact) mass is 308 g/mol. The Bertz CT molecular complexity index is 404. The van der Waals surface area contributed by atoms with Gasteiger partial charge in [-0.15, -0.1) is 0 Å². The number of aliphatic carboxylic acids is 1. The summed E-state index contributed by atoms with van der Waals surface area (Å²) in [6.45, 7) is 2.78. The second-order valence-electron chi connectivity index (χ2n) is 5.15. The molecule has 0 saturated carbocycles. The summed E-state index contributed by atoms with van der Waals surface area (Å²) in [5, 5.41) is 17.8. The molecule has 1 fully saturated rings. The zero-order valence-corrected chi connectivity index (χ0v) is 12.6. The molecule has 0 radical (unpaired) electrons. The Balaban J connectivity index is 2.47. The number of aliphatic hydroxyl groups is 1. The third-order valence-corrected chi connectivity index (χ3v) is 5.39. The molecule has 0 spiro atoms. The quantitative estimate of drug-likeness (QED) is 0.586. The number of carboxylic acid groups (broad SMARTS) is 1. The zero-order valence-electron chi connectivity index (χ0n) is 11.8. The van der Waals surface area contributed by atoms with Crippen molar-refractivity contribution in [1.29, 1.82) is 0 Å². The second kappa shape index (κ2) is 7.92. The van der Waals surface area contributed by atoms with Crippen LogP contribution in [-0.2, 0) is 15.0 Å². The first kappa shape index (κ1) is 17.4. The first-order valence-electron chi connectivity index (χ1n) is 6.99. The Kier molecular flexibility index (Phi) is 6.87. The lowest BCUT2D eigenvalue weighted by atomic mass is 9.99. The zero-order chi connectivity index (χ0) is 15.2. The Labute approximate surface area is 120 Å². The van der Waals surface area contributed by atoms with Crippen molar-refractivity contribution < 1.29 is 23.4 Å². The minimum Gasteiger partial charge on any atom is -0.481 e. The van der Waals surface area contributed by atoms with Crippen LogP contribution in [-0.4, -0.2) is 55.1 Å². The van der Waals surface area contributed by atoms with Gasteiger partial charge in [0.1, 0.15) is 0 Å². The Morgan fingerprint density at radius 2 is 2.00 bits per heavy atom. The molecule has 0 aromatic rings. The molecule has 7 nitrogen and oxygen atoms in total. The van der Waals surface area contributed by atoms with Gasteiger partial charge in [-0.3, -0.25) is 4.79 Å². The summed E-state index contributed by atoms with van der Waals surface area (Å²) in [5.41, 5.74) is 0. The number of carbonyl (C=O) groups is 1. The Morgan fingerprint density at radius 3 is 2.45 bits per heavy atom. The maximum Gasteiger partial charge on any atom is 0.306 e. The van der Waals surface area contributed by atoms with Crippen molar-refractivity contribution in [3.63, 3.8) is 0 Å². The van der Waals surface area contributed by atoms with E-state index in [1.165, 1.54) is 4.31 Å². The highest BCUT2D eigenvalue weighted by molar-refractivity contribution is 7.87. The van der Waals surface area contributed by atoms with Gasteiger partial charge in [-0.2, -0.15) is 12.7 Å². The van der Waals surface area contributed by atoms with Gasteiger partial charge < -0.3 is 10.2 Å². The van der Waals surface area contributed by atoms with Crippen molar-refractivity contribution in [2.45, 2.75) is 32.6 Å². The molecule has 1 unspecified atom stereocenters. The fourth-order valence-corrected chi connectivity index (χ4v) is 3.61. The second-order valence-corrected chi connectivity index (χ2v) is 6.91. The van der Waals surface area contributed by atoms with Crippen LogP contribution in [0.25, 0.3) is 0 Å². The molecule has 0 aromatic carbocycles. The molecule has 118 valence electrons. The number of hydrogen-bond acceptors (Lipinski definition) is 4. The first-order chi connectivity index (χ1) is 9.40. The summed E-state index contributed by atoms with van der Waals surface area (Å²) in [7, 11) is -3.55. The van der Waals surface area contributed by atoms with E-state index in [-0.39, 0.29) is 25.6 Å². The third kappa shape index (κ3) is 5.01. The number of aliphatic hydroxyl groups excluding tert-OH is 1.